The van der Waals surface area contributed by atoms with Crippen LogP contribution in [0.1, 0.15) is 12.0 Å². The molecular weight excluding hydrogens is 457 g/mol. The van der Waals surface area contributed by atoms with Crippen molar-refractivity contribution in [1.82, 2.24) is 4.90 Å². The van der Waals surface area contributed by atoms with E-state index >= 15 is 0 Å². The monoisotopic (exact) mass is 475 g/mol. The average molecular weight is 476 g/mol. The van der Waals surface area contributed by atoms with Gasteiger partial charge < -0.3 is 19.3 Å². The number of halogens is 2. The summed E-state index contributed by atoms with van der Waals surface area (Å²) in [5.74, 6) is 1.34. The van der Waals surface area contributed by atoms with E-state index in [2.05, 4.69) is 15.3 Å². The molecule has 0 aromatic heterocycles. The Morgan fingerprint density at radius 2 is 2.00 bits per heavy atom. The first kappa shape index (κ1) is 20.5. The summed E-state index contributed by atoms with van der Waals surface area (Å²) >= 11 is 14.0. The standard InChI is InChI=1S/C22H19Cl2N3O3S/c23-14-2-4-16(5-3-14)29-9-1-7-26-18-11-15(24)10-17(21(18)30-12-20(26)28)19-13-31-22-25-6-8-27(19)22/h2-5,10-11,13H,1,6-9,12H2. The number of hydrogen-bond donors (Lipinski definition) is 0. The highest BCUT2D eigenvalue weighted by molar-refractivity contribution is 8.16. The van der Waals surface area contributed by atoms with Crippen LogP contribution in [0.2, 0.25) is 10.0 Å². The predicted molar refractivity (Wildman–Crippen MR) is 125 cm³/mol. The molecule has 0 saturated heterocycles. The van der Waals surface area contributed by atoms with Crippen LogP contribution in [0.15, 0.2) is 46.8 Å². The number of aliphatic imine (C=N–C) groups is 1. The maximum atomic E-state index is 12.6. The average Bonchev–Trinajstić information content (AvgIpc) is 3.37. The van der Waals surface area contributed by atoms with E-state index in [9.17, 15) is 4.79 Å². The van der Waals surface area contributed by atoms with Gasteiger partial charge in [-0.05, 0) is 42.8 Å². The molecule has 3 aliphatic rings. The number of fused-ring (bicyclic) bond motifs is 2. The summed E-state index contributed by atoms with van der Waals surface area (Å²) < 4.78 is 11.7. The fourth-order valence-corrected chi connectivity index (χ4v) is 5.08. The van der Waals surface area contributed by atoms with Crippen LogP contribution in [-0.2, 0) is 4.79 Å². The van der Waals surface area contributed by atoms with Gasteiger partial charge in [-0.3, -0.25) is 9.79 Å². The number of nitrogens with zero attached hydrogens (tertiary/aromatic N) is 3. The second-order valence-electron chi connectivity index (χ2n) is 7.23. The van der Waals surface area contributed by atoms with Gasteiger partial charge in [-0.15, -0.1) is 0 Å². The minimum atomic E-state index is -0.0922. The van der Waals surface area contributed by atoms with Gasteiger partial charge in [-0.25, -0.2) is 0 Å². The molecule has 0 atom stereocenters. The maximum absolute atomic E-state index is 12.6. The van der Waals surface area contributed by atoms with Gasteiger partial charge in [-0.2, -0.15) is 0 Å². The molecule has 3 heterocycles. The first-order valence-electron chi connectivity index (χ1n) is 9.94. The highest BCUT2D eigenvalue weighted by atomic mass is 35.5. The third-order valence-corrected chi connectivity index (χ3v) is 6.59. The maximum Gasteiger partial charge on any atom is 0.265 e. The zero-order valence-corrected chi connectivity index (χ0v) is 18.8. The van der Waals surface area contributed by atoms with Crippen LogP contribution >= 0.6 is 35.0 Å². The molecule has 0 fully saturated rings. The Labute approximate surface area is 194 Å². The fraction of sp³-hybridized carbons (Fsp3) is 0.273. The zero-order chi connectivity index (χ0) is 21.4. The van der Waals surface area contributed by atoms with Crippen LogP contribution in [0, 0.1) is 0 Å². The molecule has 0 saturated carbocycles. The van der Waals surface area contributed by atoms with Gasteiger partial charge in [0.15, 0.2) is 17.5 Å². The van der Waals surface area contributed by atoms with E-state index in [4.69, 9.17) is 32.7 Å². The lowest BCUT2D eigenvalue weighted by Crippen LogP contribution is -2.40. The Balaban J connectivity index is 1.34. The van der Waals surface area contributed by atoms with Gasteiger partial charge in [0.1, 0.15) is 5.75 Å². The predicted octanol–water partition coefficient (Wildman–Crippen LogP) is 4.90. The molecule has 0 unspecified atom stereocenters. The van der Waals surface area contributed by atoms with Gasteiger partial charge in [-0.1, -0.05) is 35.0 Å². The number of ether oxygens (including phenoxy) is 2. The van der Waals surface area contributed by atoms with Crippen molar-refractivity contribution in [2.45, 2.75) is 6.42 Å². The second kappa shape index (κ2) is 8.65. The zero-order valence-electron chi connectivity index (χ0n) is 16.5. The van der Waals surface area contributed by atoms with Crippen LogP contribution in [0.4, 0.5) is 5.69 Å². The summed E-state index contributed by atoms with van der Waals surface area (Å²) in [6, 6.07) is 10.9. The molecule has 0 N–H and O–H groups in total. The molecular formula is C22H19Cl2N3O3S. The van der Waals surface area contributed by atoms with Crippen molar-refractivity contribution < 1.29 is 14.3 Å². The van der Waals surface area contributed by atoms with Crippen molar-refractivity contribution in [3.05, 3.63) is 57.4 Å². The van der Waals surface area contributed by atoms with E-state index in [1.165, 1.54) is 0 Å². The highest BCUT2D eigenvalue weighted by Crippen LogP contribution is 2.45. The number of hydrogen-bond acceptors (Lipinski definition) is 6. The summed E-state index contributed by atoms with van der Waals surface area (Å²) in [6.07, 6.45) is 0.664. The van der Waals surface area contributed by atoms with E-state index in [-0.39, 0.29) is 12.5 Å². The first-order valence-corrected chi connectivity index (χ1v) is 11.6. The Morgan fingerprint density at radius 3 is 2.84 bits per heavy atom. The number of carbonyl (C=O) groups excluding carboxylic acids is 1. The van der Waals surface area contributed by atoms with Crippen molar-refractivity contribution in [2.75, 3.05) is 37.7 Å². The quantitative estimate of drug-likeness (QED) is 0.555. The highest BCUT2D eigenvalue weighted by Gasteiger charge is 2.33. The molecule has 0 radical (unpaired) electrons. The van der Waals surface area contributed by atoms with Crippen molar-refractivity contribution in [3.63, 3.8) is 0 Å². The Kier molecular flexibility index (Phi) is 5.73. The summed E-state index contributed by atoms with van der Waals surface area (Å²) in [5, 5.41) is 4.28. The normalized spacial score (nSPS) is 17.2. The van der Waals surface area contributed by atoms with E-state index in [1.807, 2.05) is 18.2 Å². The van der Waals surface area contributed by atoms with Gasteiger partial charge >= 0.3 is 0 Å². The van der Waals surface area contributed by atoms with E-state index in [1.54, 1.807) is 34.9 Å². The number of benzene rings is 2. The number of amides is 1. The molecule has 3 aliphatic heterocycles. The molecule has 0 bridgehead atoms. The van der Waals surface area contributed by atoms with Crippen molar-refractivity contribution in [3.8, 4) is 11.5 Å². The topological polar surface area (TPSA) is 54.4 Å². The minimum Gasteiger partial charge on any atom is -0.494 e. The Hall–Kier alpha value is -2.35. The lowest BCUT2D eigenvalue weighted by molar-refractivity contribution is -0.121. The molecule has 1 amide bonds. The largest absolute Gasteiger partial charge is 0.494 e. The molecule has 9 heteroatoms. The lowest BCUT2D eigenvalue weighted by Gasteiger charge is -2.32. The van der Waals surface area contributed by atoms with Crippen LogP contribution in [0.3, 0.4) is 0 Å². The number of anilines is 1. The fourth-order valence-electron chi connectivity index (χ4n) is 3.79. The molecule has 0 spiro atoms. The van der Waals surface area contributed by atoms with Gasteiger partial charge in [0.05, 0.1) is 24.5 Å². The summed E-state index contributed by atoms with van der Waals surface area (Å²) in [5.41, 5.74) is 2.60. The van der Waals surface area contributed by atoms with E-state index < -0.39 is 0 Å². The van der Waals surface area contributed by atoms with Crippen LogP contribution in [-0.4, -0.2) is 48.8 Å². The number of rotatable bonds is 6. The lowest BCUT2D eigenvalue weighted by atomic mass is 10.1. The number of thioether (sulfide) groups is 1. The Morgan fingerprint density at radius 1 is 1.16 bits per heavy atom. The molecule has 0 aliphatic carbocycles. The van der Waals surface area contributed by atoms with Gasteiger partial charge in [0.2, 0.25) is 0 Å². The smallest absolute Gasteiger partial charge is 0.265 e. The molecule has 2 aromatic carbocycles. The van der Waals surface area contributed by atoms with Crippen molar-refractivity contribution in [2.24, 2.45) is 4.99 Å². The number of carbonyl (C=O) groups is 1. The van der Waals surface area contributed by atoms with E-state index in [0.29, 0.717) is 41.1 Å². The van der Waals surface area contributed by atoms with Crippen LogP contribution < -0.4 is 14.4 Å². The first-order chi connectivity index (χ1) is 15.1. The second-order valence-corrected chi connectivity index (χ2v) is 8.94. The van der Waals surface area contributed by atoms with Crippen molar-refractivity contribution in [1.29, 1.82) is 0 Å². The summed E-state index contributed by atoms with van der Waals surface area (Å²) in [7, 11) is 0. The van der Waals surface area contributed by atoms with E-state index in [0.717, 1.165) is 35.3 Å². The molecule has 6 nitrogen and oxygen atoms in total. The van der Waals surface area contributed by atoms with Gasteiger partial charge in [0.25, 0.3) is 5.91 Å². The van der Waals surface area contributed by atoms with Crippen LogP contribution in [0.5, 0.6) is 11.5 Å². The molecule has 31 heavy (non-hydrogen) atoms. The van der Waals surface area contributed by atoms with Crippen molar-refractivity contribution >= 4 is 57.4 Å². The third kappa shape index (κ3) is 4.10. The summed E-state index contributed by atoms with van der Waals surface area (Å²) in [6.45, 7) is 2.60. The molecule has 5 rings (SSSR count). The Bertz CT molecular complexity index is 1090. The third-order valence-electron chi connectivity index (χ3n) is 5.22. The summed E-state index contributed by atoms with van der Waals surface area (Å²) in [4.78, 5) is 21.1. The minimum absolute atomic E-state index is 0.00103. The van der Waals surface area contributed by atoms with Crippen LogP contribution in [0.25, 0.3) is 5.70 Å². The SMILES string of the molecule is O=C1COc2c(C3=CSC4=NCCN34)cc(Cl)cc2N1CCCOc1ccc(Cl)cc1. The van der Waals surface area contributed by atoms with Gasteiger partial charge in [0, 0.05) is 34.1 Å². The molecule has 2 aromatic rings. The number of amidine groups is 1. The molecule has 160 valence electrons.